The number of hydrogen-bond acceptors (Lipinski definition) is 5. The van der Waals surface area contributed by atoms with Crippen LogP contribution in [0, 0.1) is 12.7 Å². The van der Waals surface area contributed by atoms with E-state index in [1.165, 1.54) is 28.9 Å². The Morgan fingerprint density at radius 2 is 1.74 bits per heavy atom. The fraction of sp³-hybridized carbons (Fsp3) is 0.100. The molecule has 4 rings (SSSR count). The highest BCUT2D eigenvalue weighted by Crippen LogP contribution is 2.20. The zero-order valence-electron chi connectivity index (χ0n) is 14.5. The molecular formula is C20H15FN4O2. The molecule has 7 heteroatoms. The van der Waals surface area contributed by atoms with E-state index in [4.69, 9.17) is 4.52 Å². The van der Waals surface area contributed by atoms with Crippen LogP contribution in [0.3, 0.4) is 0 Å². The molecule has 134 valence electrons. The molecule has 27 heavy (non-hydrogen) atoms. The largest absolute Gasteiger partial charge is 0.332 e. The van der Waals surface area contributed by atoms with Crippen molar-refractivity contribution < 1.29 is 8.91 Å². The minimum Gasteiger partial charge on any atom is -0.332 e. The first-order chi connectivity index (χ1) is 13.1. The second-order valence-electron chi connectivity index (χ2n) is 6.13. The van der Waals surface area contributed by atoms with Gasteiger partial charge in [-0.25, -0.2) is 9.07 Å². The molecule has 0 radical (unpaired) electrons. The summed E-state index contributed by atoms with van der Waals surface area (Å²) in [6.07, 6.45) is 0. The summed E-state index contributed by atoms with van der Waals surface area (Å²) in [6.45, 7) is 2.34. The summed E-state index contributed by atoms with van der Waals surface area (Å²) < 4.78 is 19.7. The molecule has 0 bridgehead atoms. The van der Waals surface area contributed by atoms with Gasteiger partial charge in [0, 0.05) is 11.6 Å². The van der Waals surface area contributed by atoms with E-state index in [2.05, 4.69) is 15.2 Å². The van der Waals surface area contributed by atoms with Crippen LogP contribution in [0.25, 0.3) is 23.0 Å². The SMILES string of the molecule is Cc1ccc(Cn2nc(-c3nc(-c4ccc(F)cc4)no3)ccc2=O)cc1. The van der Waals surface area contributed by atoms with E-state index in [1.807, 2.05) is 31.2 Å². The first kappa shape index (κ1) is 16.8. The molecule has 0 aliphatic rings. The van der Waals surface area contributed by atoms with E-state index < -0.39 is 0 Å². The summed E-state index contributed by atoms with van der Waals surface area (Å²) in [4.78, 5) is 16.4. The van der Waals surface area contributed by atoms with E-state index in [0.29, 0.717) is 23.6 Å². The Hall–Kier alpha value is -3.61. The van der Waals surface area contributed by atoms with E-state index >= 15 is 0 Å². The highest BCUT2D eigenvalue weighted by molar-refractivity contribution is 5.57. The zero-order valence-corrected chi connectivity index (χ0v) is 14.5. The Morgan fingerprint density at radius 1 is 1.00 bits per heavy atom. The molecule has 0 saturated carbocycles. The Kier molecular flexibility index (Phi) is 4.33. The van der Waals surface area contributed by atoms with Crippen molar-refractivity contribution in [2.75, 3.05) is 0 Å². The Morgan fingerprint density at radius 3 is 2.48 bits per heavy atom. The minimum absolute atomic E-state index is 0.187. The van der Waals surface area contributed by atoms with Gasteiger partial charge in [0.2, 0.25) is 5.82 Å². The van der Waals surface area contributed by atoms with Gasteiger partial charge in [-0.1, -0.05) is 35.0 Å². The normalized spacial score (nSPS) is 10.9. The molecule has 0 unspecified atom stereocenters. The molecule has 2 aromatic heterocycles. The minimum atomic E-state index is -0.340. The van der Waals surface area contributed by atoms with Gasteiger partial charge < -0.3 is 4.52 Å². The Labute approximate surface area is 153 Å². The summed E-state index contributed by atoms with van der Waals surface area (Å²) in [6, 6.07) is 16.6. The summed E-state index contributed by atoms with van der Waals surface area (Å²) in [5, 5.41) is 8.23. The first-order valence-electron chi connectivity index (χ1n) is 8.32. The summed E-state index contributed by atoms with van der Waals surface area (Å²) in [5.41, 5.74) is 2.90. The molecule has 6 nitrogen and oxygen atoms in total. The average Bonchev–Trinajstić information content (AvgIpc) is 3.16. The lowest BCUT2D eigenvalue weighted by molar-refractivity contribution is 0.429. The van der Waals surface area contributed by atoms with Gasteiger partial charge in [0.1, 0.15) is 11.5 Å². The van der Waals surface area contributed by atoms with Gasteiger partial charge in [-0.3, -0.25) is 4.79 Å². The van der Waals surface area contributed by atoms with Crippen molar-refractivity contribution >= 4 is 0 Å². The monoisotopic (exact) mass is 362 g/mol. The molecule has 0 amide bonds. The van der Waals surface area contributed by atoms with Crippen LogP contribution in [0.1, 0.15) is 11.1 Å². The molecule has 0 fully saturated rings. The molecule has 0 aliphatic carbocycles. The van der Waals surface area contributed by atoms with Crippen molar-refractivity contribution in [1.82, 2.24) is 19.9 Å². The smallest absolute Gasteiger partial charge is 0.278 e. The second-order valence-corrected chi connectivity index (χ2v) is 6.13. The molecule has 0 saturated heterocycles. The summed E-state index contributed by atoms with van der Waals surface area (Å²) >= 11 is 0. The third-order valence-corrected chi connectivity index (χ3v) is 4.07. The molecule has 2 heterocycles. The van der Waals surface area contributed by atoms with Gasteiger partial charge in [-0.15, -0.1) is 0 Å². The third kappa shape index (κ3) is 3.67. The number of aromatic nitrogens is 4. The molecule has 2 aromatic carbocycles. The predicted octanol–water partition coefficient (Wildman–Crippen LogP) is 3.46. The number of rotatable bonds is 4. The Bertz CT molecular complexity index is 1130. The highest BCUT2D eigenvalue weighted by atomic mass is 19.1. The van der Waals surface area contributed by atoms with Crippen LogP contribution in [-0.4, -0.2) is 19.9 Å². The number of nitrogens with zero attached hydrogens (tertiary/aromatic N) is 4. The van der Waals surface area contributed by atoms with Crippen LogP contribution in [0.2, 0.25) is 0 Å². The number of hydrogen-bond donors (Lipinski definition) is 0. The Balaban J connectivity index is 1.64. The van der Waals surface area contributed by atoms with Crippen LogP contribution in [-0.2, 0) is 6.54 Å². The van der Waals surface area contributed by atoms with E-state index in [0.717, 1.165) is 11.1 Å². The molecule has 0 N–H and O–H groups in total. The topological polar surface area (TPSA) is 73.8 Å². The van der Waals surface area contributed by atoms with Gasteiger partial charge in [-0.2, -0.15) is 10.1 Å². The lowest BCUT2D eigenvalue weighted by Crippen LogP contribution is -2.22. The summed E-state index contributed by atoms with van der Waals surface area (Å²) in [7, 11) is 0. The third-order valence-electron chi connectivity index (χ3n) is 4.07. The zero-order chi connectivity index (χ0) is 18.8. The second kappa shape index (κ2) is 6.95. The highest BCUT2D eigenvalue weighted by Gasteiger charge is 2.13. The maximum absolute atomic E-state index is 13.0. The van der Waals surface area contributed by atoms with E-state index in [-0.39, 0.29) is 17.3 Å². The maximum Gasteiger partial charge on any atom is 0.278 e. The van der Waals surface area contributed by atoms with E-state index in [1.54, 1.807) is 12.1 Å². The molecular weight excluding hydrogens is 347 g/mol. The lowest BCUT2D eigenvalue weighted by atomic mass is 10.1. The van der Waals surface area contributed by atoms with Crippen molar-refractivity contribution in [2.24, 2.45) is 0 Å². The van der Waals surface area contributed by atoms with Crippen LogP contribution >= 0.6 is 0 Å². The van der Waals surface area contributed by atoms with Crippen molar-refractivity contribution in [3.05, 3.63) is 88.0 Å². The van der Waals surface area contributed by atoms with Crippen molar-refractivity contribution in [2.45, 2.75) is 13.5 Å². The first-order valence-corrected chi connectivity index (χ1v) is 8.32. The average molecular weight is 362 g/mol. The fourth-order valence-electron chi connectivity index (χ4n) is 2.59. The van der Waals surface area contributed by atoms with Gasteiger partial charge in [0.05, 0.1) is 6.54 Å². The van der Waals surface area contributed by atoms with Gasteiger partial charge in [0.15, 0.2) is 0 Å². The van der Waals surface area contributed by atoms with Gasteiger partial charge >= 0.3 is 0 Å². The summed E-state index contributed by atoms with van der Waals surface area (Å²) in [5.74, 6) is 0.169. The lowest BCUT2D eigenvalue weighted by Gasteiger charge is -2.05. The maximum atomic E-state index is 13.0. The predicted molar refractivity (Wildman–Crippen MR) is 97.5 cm³/mol. The van der Waals surface area contributed by atoms with Crippen LogP contribution in [0.4, 0.5) is 4.39 Å². The fourth-order valence-corrected chi connectivity index (χ4v) is 2.59. The van der Waals surface area contributed by atoms with Crippen molar-refractivity contribution in [3.8, 4) is 23.0 Å². The standard InChI is InChI=1S/C20H15FN4O2/c1-13-2-4-14(5-3-13)12-25-18(26)11-10-17(23-25)20-22-19(24-27-20)15-6-8-16(21)9-7-15/h2-11H,12H2,1H3. The molecule has 0 atom stereocenters. The quantitative estimate of drug-likeness (QED) is 0.556. The van der Waals surface area contributed by atoms with Gasteiger partial charge in [-0.05, 0) is 42.8 Å². The van der Waals surface area contributed by atoms with Crippen molar-refractivity contribution in [3.63, 3.8) is 0 Å². The van der Waals surface area contributed by atoms with E-state index in [9.17, 15) is 9.18 Å². The molecule has 0 spiro atoms. The van der Waals surface area contributed by atoms with Crippen LogP contribution in [0.15, 0.2) is 70.0 Å². The van der Waals surface area contributed by atoms with Gasteiger partial charge in [0.25, 0.3) is 11.4 Å². The van der Waals surface area contributed by atoms with Crippen LogP contribution < -0.4 is 5.56 Å². The molecule has 4 aromatic rings. The number of aryl methyl sites for hydroxylation is 1. The van der Waals surface area contributed by atoms with Crippen molar-refractivity contribution in [1.29, 1.82) is 0 Å². The number of halogens is 1. The number of benzene rings is 2. The molecule has 0 aliphatic heterocycles. The van der Waals surface area contributed by atoms with Crippen LogP contribution in [0.5, 0.6) is 0 Å².